The first-order valence-corrected chi connectivity index (χ1v) is 21.4. The van der Waals surface area contributed by atoms with Gasteiger partial charge >= 0.3 is 7.12 Å². The van der Waals surface area contributed by atoms with E-state index in [9.17, 15) is 0 Å². The van der Waals surface area contributed by atoms with E-state index in [1.54, 1.807) is 24.3 Å². The number of ether oxygens (including phenoxy) is 2. The van der Waals surface area contributed by atoms with Crippen molar-refractivity contribution in [2.75, 3.05) is 40.4 Å². The van der Waals surface area contributed by atoms with Crippen LogP contribution in [0.15, 0.2) is 75.1 Å². The molecule has 0 saturated heterocycles. The highest BCUT2D eigenvalue weighted by molar-refractivity contribution is 9.10. The number of rotatable bonds is 18. The highest BCUT2D eigenvalue weighted by Gasteiger charge is 2.14. The lowest BCUT2D eigenvalue weighted by atomic mass is 9.81. The molecule has 4 aromatic rings. The number of aryl methyl sites for hydroxylation is 2. The van der Waals surface area contributed by atoms with Crippen molar-refractivity contribution in [3.05, 3.63) is 86.6 Å². The second-order valence-electron chi connectivity index (χ2n) is 14.7. The lowest BCUT2D eigenvalue weighted by Gasteiger charge is -2.14. The SMILES string of the molecule is CCN(C)C=Nc1cc(-c2ccc(Cl)cc2)c(OCCCC(C)C)nc1C.CCN(C)C=Nc1cc(Br)c(OCCCC(C)C)nc1C.OB(O)c1ccc(Cl)cc1. The van der Waals surface area contributed by atoms with E-state index in [0.29, 0.717) is 52.3 Å². The molecule has 0 unspecified atom stereocenters. The lowest BCUT2D eigenvalue weighted by Crippen LogP contribution is -2.29. The molecule has 2 aromatic heterocycles. The van der Waals surface area contributed by atoms with E-state index in [2.05, 4.69) is 72.4 Å². The molecule has 0 amide bonds. The zero-order valence-electron chi connectivity index (χ0n) is 35.8. The minimum atomic E-state index is -1.41. The zero-order valence-corrected chi connectivity index (χ0v) is 38.9. The fourth-order valence-electron chi connectivity index (χ4n) is 4.87. The van der Waals surface area contributed by atoms with Crippen LogP contribution in [0.1, 0.15) is 78.6 Å². The van der Waals surface area contributed by atoms with Gasteiger partial charge in [0.15, 0.2) is 0 Å². The van der Waals surface area contributed by atoms with Crippen molar-refractivity contribution in [1.29, 1.82) is 0 Å². The van der Waals surface area contributed by atoms with Gasteiger partial charge < -0.3 is 29.3 Å². The number of aliphatic imine (C=N–C) groups is 2. The fraction of sp³-hybridized carbons (Fsp3) is 0.455. The molecule has 0 spiro atoms. The molecule has 10 nitrogen and oxygen atoms in total. The summed E-state index contributed by atoms with van der Waals surface area (Å²) in [6.07, 6.45) is 8.02. The second-order valence-corrected chi connectivity index (χ2v) is 16.4. The number of aromatic nitrogens is 2. The van der Waals surface area contributed by atoms with Gasteiger partial charge in [0.25, 0.3) is 0 Å². The van der Waals surface area contributed by atoms with Gasteiger partial charge in [0, 0.05) is 42.8 Å². The number of pyridine rings is 2. The Morgan fingerprint density at radius 3 is 1.60 bits per heavy atom. The third-order valence-corrected chi connectivity index (χ3v) is 9.77. The van der Waals surface area contributed by atoms with Gasteiger partial charge in [-0.25, -0.2) is 20.0 Å². The molecular weight excluding hydrogens is 838 g/mol. The van der Waals surface area contributed by atoms with Crippen molar-refractivity contribution in [2.24, 2.45) is 21.8 Å². The number of nitrogens with zero attached hydrogens (tertiary/aromatic N) is 6. The molecule has 0 saturated carbocycles. The minimum absolute atomic E-state index is 0.449. The Bertz CT molecular complexity index is 1850. The monoisotopic (exact) mass is 898 g/mol. The first kappa shape index (κ1) is 50.5. The Morgan fingerprint density at radius 2 is 1.16 bits per heavy atom. The molecule has 0 bridgehead atoms. The van der Waals surface area contributed by atoms with Crippen LogP contribution < -0.4 is 14.9 Å². The van der Waals surface area contributed by atoms with E-state index in [0.717, 1.165) is 70.7 Å². The Hall–Kier alpha value is -3.68. The van der Waals surface area contributed by atoms with Crippen LogP contribution in [-0.2, 0) is 0 Å². The molecule has 0 fully saturated rings. The summed E-state index contributed by atoms with van der Waals surface area (Å²) < 4.78 is 12.6. The number of hydrogen-bond donors (Lipinski definition) is 2. The van der Waals surface area contributed by atoms with Crippen LogP contribution in [0.3, 0.4) is 0 Å². The molecule has 58 heavy (non-hydrogen) atoms. The predicted molar refractivity (Wildman–Crippen MR) is 249 cm³/mol. The van der Waals surface area contributed by atoms with Gasteiger partial charge in [-0.15, -0.1) is 0 Å². The van der Waals surface area contributed by atoms with Gasteiger partial charge in [-0.3, -0.25) is 0 Å². The number of hydrogen-bond acceptors (Lipinski definition) is 8. The minimum Gasteiger partial charge on any atom is -0.477 e. The van der Waals surface area contributed by atoms with Crippen molar-refractivity contribution in [1.82, 2.24) is 19.8 Å². The van der Waals surface area contributed by atoms with Crippen LogP contribution in [0.4, 0.5) is 11.4 Å². The maximum Gasteiger partial charge on any atom is 0.488 e. The highest BCUT2D eigenvalue weighted by Crippen LogP contribution is 2.35. The van der Waals surface area contributed by atoms with Crippen LogP contribution >= 0.6 is 39.1 Å². The largest absolute Gasteiger partial charge is 0.488 e. The van der Waals surface area contributed by atoms with E-state index in [4.69, 9.17) is 47.7 Å². The smallest absolute Gasteiger partial charge is 0.477 e. The van der Waals surface area contributed by atoms with E-state index < -0.39 is 7.12 Å². The zero-order chi connectivity index (χ0) is 43.2. The molecule has 2 N–H and O–H groups in total. The number of halogens is 3. The summed E-state index contributed by atoms with van der Waals surface area (Å²) in [5.41, 5.74) is 5.83. The van der Waals surface area contributed by atoms with Crippen LogP contribution in [0.5, 0.6) is 11.8 Å². The second kappa shape index (κ2) is 27.2. The molecule has 0 aliphatic rings. The van der Waals surface area contributed by atoms with Crippen molar-refractivity contribution >= 4 is 75.8 Å². The van der Waals surface area contributed by atoms with Crippen LogP contribution in [0.25, 0.3) is 11.1 Å². The summed E-state index contributed by atoms with van der Waals surface area (Å²) in [4.78, 5) is 22.3. The van der Waals surface area contributed by atoms with Gasteiger partial charge in [-0.1, -0.05) is 75.2 Å². The summed E-state index contributed by atoms with van der Waals surface area (Å²) in [6.45, 7) is 20.2. The van der Waals surface area contributed by atoms with Crippen molar-refractivity contribution in [3.63, 3.8) is 0 Å². The summed E-state index contributed by atoms with van der Waals surface area (Å²) in [5, 5.41) is 18.6. The average molecular weight is 901 g/mol. The van der Waals surface area contributed by atoms with E-state index in [1.807, 2.05) is 86.8 Å². The van der Waals surface area contributed by atoms with Crippen LogP contribution in [-0.4, -0.2) is 90.0 Å². The lowest BCUT2D eigenvalue weighted by molar-refractivity contribution is 0.285. The molecule has 0 radical (unpaired) electrons. The summed E-state index contributed by atoms with van der Waals surface area (Å²) in [7, 11) is 2.59. The third kappa shape index (κ3) is 19.4. The molecule has 316 valence electrons. The van der Waals surface area contributed by atoms with Gasteiger partial charge in [-0.05, 0) is 129 Å². The molecule has 2 aromatic carbocycles. The van der Waals surface area contributed by atoms with E-state index in [1.165, 1.54) is 6.42 Å². The van der Waals surface area contributed by atoms with Crippen molar-refractivity contribution < 1.29 is 19.5 Å². The predicted octanol–water partition coefficient (Wildman–Crippen LogP) is 10.7. The van der Waals surface area contributed by atoms with Crippen molar-refractivity contribution in [3.8, 4) is 22.9 Å². The van der Waals surface area contributed by atoms with E-state index in [-0.39, 0.29) is 0 Å². The van der Waals surface area contributed by atoms with Gasteiger partial charge in [0.1, 0.15) is 0 Å². The van der Waals surface area contributed by atoms with E-state index >= 15 is 0 Å². The molecule has 0 aliphatic heterocycles. The van der Waals surface area contributed by atoms with Gasteiger partial charge in [0.2, 0.25) is 11.8 Å². The Balaban J connectivity index is 0.000000330. The first-order valence-electron chi connectivity index (χ1n) is 19.8. The average Bonchev–Trinajstić information content (AvgIpc) is 3.19. The molecular formula is C44H62BBrCl2N6O4. The molecule has 4 rings (SSSR count). The Kier molecular flexibility index (Phi) is 23.6. The molecule has 14 heteroatoms. The quantitative estimate of drug-likeness (QED) is 0.0439. The Labute approximate surface area is 366 Å². The Morgan fingerprint density at radius 1 is 0.724 bits per heavy atom. The standard InChI is InChI=1S/C22H30ClN3O.C16H26BrN3O.C6H6BClO2/c1-6-26(5)15-24-21-14-20(18-9-11-19(23)12-10-18)22(25-17(21)4)27-13-7-8-16(2)3;1-6-20(5)11-18-15-10-14(17)16(19-13(15)4)21-9-7-8-12(2)3;8-6-3-1-5(2-4-6)7(9)10/h9-12,14-16H,6-8,13H2,1-5H3;10-12H,6-9H2,1-5H3;1-4,9-10H. The topological polar surface area (TPSA) is 116 Å². The van der Waals surface area contributed by atoms with Crippen LogP contribution in [0.2, 0.25) is 10.0 Å². The van der Waals surface area contributed by atoms with Gasteiger partial charge in [0.05, 0.1) is 53.1 Å². The normalized spacial score (nSPS) is 11.1. The van der Waals surface area contributed by atoms with Crippen molar-refractivity contribution in [2.45, 2.75) is 81.1 Å². The first-order chi connectivity index (χ1) is 27.5. The molecule has 0 aliphatic carbocycles. The highest BCUT2D eigenvalue weighted by atomic mass is 79.9. The summed E-state index contributed by atoms with van der Waals surface area (Å²) >= 11 is 15.1. The maximum atomic E-state index is 8.63. The number of benzene rings is 2. The third-order valence-electron chi connectivity index (χ3n) is 8.70. The van der Waals surface area contributed by atoms with Crippen LogP contribution in [0, 0.1) is 25.7 Å². The molecule has 2 heterocycles. The summed E-state index contributed by atoms with van der Waals surface area (Å²) in [5.74, 6) is 2.69. The molecule has 0 atom stereocenters. The van der Waals surface area contributed by atoms with Gasteiger partial charge in [-0.2, -0.15) is 0 Å². The summed E-state index contributed by atoms with van der Waals surface area (Å²) in [6, 6.07) is 18.1. The maximum absolute atomic E-state index is 8.63. The fourth-order valence-corrected chi connectivity index (χ4v) is 5.54.